The van der Waals surface area contributed by atoms with Gasteiger partial charge in [0.2, 0.25) is 5.91 Å². The van der Waals surface area contributed by atoms with Gasteiger partial charge in [0.1, 0.15) is 5.65 Å². The molecule has 1 aromatic carbocycles. The monoisotopic (exact) mass is 335 g/mol. The van der Waals surface area contributed by atoms with Crippen molar-refractivity contribution in [2.75, 3.05) is 5.32 Å². The molecule has 130 valence electrons. The lowest BCUT2D eigenvalue weighted by Gasteiger charge is -2.19. The van der Waals surface area contributed by atoms with Crippen LogP contribution in [0, 0.1) is 6.92 Å². The van der Waals surface area contributed by atoms with Crippen molar-refractivity contribution in [1.29, 1.82) is 0 Å². The molecular weight excluding hydrogens is 310 g/mol. The van der Waals surface area contributed by atoms with Crippen molar-refractivity contribution in [3.05, 3.63) is 65.6 Å². The summed E-state index contributed by atoms with van der Waals surface area (Å²) in [6.45, 7) is 8.53. The first-order valence-corrected chi connectivity index (χ1v) is 8.67. The molecule has 0 aliphatic rings. The van der Waals surface area contributed by atoms with Crippen molar-refractivity contribution in [2.24, 2.45) is 0 Å². The van der Waals surface area contributed by atoms with Crippen molar-refractivity contribution in [3.8, 4) is 0 Å². The standard InChI is InChI=1S/C21H25N3O/c1-15-18(24-14-6-5-7-19(24)22-15)12-13-20(25)23-17-10-8-16(9-11-17)21(2,3)4/h5-11,14H,12-13H2,1-4H3,(H,23,25). The minimum absolute atomic E-state index is 0.0220. The Labute approximate surface area is 148 Å². The summed E-state index contributed by atoms with van der Waals surface area (Å²) in [5.41, 5.74) is 5.21. The molecule has 0 unspecified atom stereocenters. The third-order valence-electron chi connectivity index (χ3n) is 4.45. The molecule has 0 radical (unpaired) electrons. The zero-order chi connectivity index (χ0) is 18.0. The van der Waals surface area contributed by atoms with Crippen LogP contribution in [0.1, 0.15) is 44.1 Å². The zero-order valence-electron chi connectivity index (χ0n) is 15.3. The van der Waals surface area contributed by atoms with E-state index in [1.54, 1.807) is 0 Å². The summed E-state index contributed by atoms with van der Waals surface area (Å²) in [5.74, 6) is 0.0220. The molecule has 1 amide bonds. The number of aryl methyl sites for hydroxylation is 2. The van der Waals surface area contributed by atoms with Gasteiger partial charge < -0.3 is 9.72 Å². The van der Waals surface area contributed by atoms with Crippen LogP contribution in [0.2, 0.25) is 0 Å². The predicted molar refractivity (Wildman–Crippen MR) is 102 cm³/mol. The number of fused-ring (bicyclic) bond motifs is 1. The number of imidazole rings is 1. The lowest BCUT2D eigenvalue weighted by Crippen LogP contribution is -2.14. The highest BCUT2D eigenvalue weighted by molar-refractivity contribution is 5.90. The second-order valence-electron chi connectivity index (χ2n) is 7.45. The first-order valence-electron chi connectivity index (χ1n) is 8.67. The molecule has 0 saturated carbocycles. The van der Waals surface area contributed by atoms with E-state index >= 15 is 0 Å². The largest absolute Gasteiger partial charge is 0.326 e. The first-order chi connectivity index (χ1) is 11.8. The number of carbonyl (C=O) groups is 1. The van der Waals surface area contributed by atoms with E-state index in [2.05, 4.69) is 47.6 Å². The maximum atomic E-state index is 12.3. The first kappa shape index (κ1) is 17.2. The fraction of sp³-hybridized carbons (Fsp3) is 0.333. The lowest BCUT2D eigenvalue weighted by atomic mass is 9.87. The van der Waals surface area contributed by atoms with Crippen molar-refractivity contribution < 1.29 is 4.79 Å². The van der Waals surface area contributed by atoms with Crippen molar-refractivity contribution >= 4 is 17.2 Å². The van der Waals surface area contributed by atoms with Gasteiger partial charge in [-0.2, -0.15) is 0 Å². The minimum atomic E-state index is 0.0220. The Morgan fingerprint density at radius 3 is 2.52 bits per heavy atom. The van der Waals surface area contributed by atoms with Gasteiger partial charge in [-0.05, 0) is 48.6 Å². The summed E-state index contributed by atoms with van der Waals surface area (Å²) in [6, 6.07) is 14.0. The van der Waals surface area contributed by atoms with Gasteiger partial charge in [0.25, 0.3) is 0 Å². The summed E-state index contributed by atoms with van der Waals surface area (Å²) in [5, 5.41) is 2.98. The van der Waals surface area contributed by atoms with Gasteiger partial charge in [-0.3, -0.25) is 4.79 Å². The number of aromatic nitrogens is 2. The van der Waals surface area contributed by atoms with Crippen LogP contribution >= 0.6 is 0 Å². The number of nitrogens with zero attached hydrogens (tertiary/aromatic N) is 2. The molecular formula is C21H25N3O. The Morgan fingerprint density at radius 2 is 1.84 bits per heavy atom. The molecule has 4 heteroatoms. The minimum Gasteiger partial charge on any atom is -0.326 e. The van der Waals surface area contributed by atoms with E-state index in [-0.39, 0.29) is 11.3 Å². The summed E-state index contributed by atoms with van der Waals surface area (Å²) in [7, 11) is 0. The number of carbonyl (C=O) groups excluding carboxylic acids is 1. The number of benzene rings is 1. The molecule has 1 N–H and O–H groups in total. The molecule has 4 nitrogen and oxygen atoms in total. The van der Waals surface area contributed by atoms with Gasteiger partial charge >= 0.3 is 0 Å². The number of rotatable bonds is 4. The SMILES string of the molecule is Cc1nc2ccccn2c1CCC(=O)Nc1ccc(C(C)(C)C)cc1. The van der Waals surface area contributed by atoms with E-state index in [0.717, 1.165) is 22.7 Å². The maximum absolute atomic E-state index is 12.3. The summed E-state index contributed by atoms with van der Waals surface area (Å²) >= 11 is 0. The molecule has 0 atom stereocenters. The molecule has 0 fully saturated rings. The fourth-order valence-electron chi connectivity index (χ4n) is 2.97. The van der Waals surface area contributed by atoms with Crippen LogP contribution in [0.5, 0.6) is 0 Å². The molecule has 2 aromatic heterocycles. The van der Waals surface area contributed by atoms with Gasteiger partial charge in [0, 0.05) is 24.0 Å². The van der Waals surface area contributed by atoms with Crippen LogP contribution < -0.4 is 5.32 Å². The third kappa shape index (κ3) is 3.90. The highest BCUT2D eigenvalue weighted by atomic mass is 16.1. The Kier molecular flexibility index (Phi) is 4.62. The Hall–Kier alpha value is -2.62. The van der Waals surface area contributed by atoms with Crippen LogP contribution in [0.25, 0.3) is 5.65 Å². The topological polar surface area (TPSA) is 46.4 Å². The number of hydrogen-bond acceptors (Lipinski definition) is 2. The average Bonchev–Trinajstić information content (AvgIpc) is 2.88. The van der Waals surface area contributed by atoms with Crippen molar-refractivity contribution in [2.45, 2.75) is 46.0 Å². The predicted octanol–water partition coefficient (Wildman–Crippen LogP) is 4.51. The fourth-order valence-corrected chi connectivity index (χ4v) is 2.97. The highest BCUT2D eigenvalue weighted by Crippen LogP contribution is 2.23. The summed E-state index contributed by atoms with van der Waals surface area (Å²) in [4.78, 5) is 16.8. The average molecular weight is 335 g/mol. The van der Waals surface area contributed by atoms with Gasteiger partial charge in [0.15, 0.2) is 0 Å². The third-order valence-corrected chi connectivity index (χ3v) is 4.45. The number of pyridine rings is 1. The highest BCUT2D eigenvalue weighted by Gasteiger charge is 2.14. The van der Waals surface area contributed by atoms with E-state index < -0.39 is 0 Å². The smallest absolute Gasteiger partial charge is 0.224 e. The number of hydrogen-bond donors (Lipinski definition) is 1. The Balaban J connectivity index is 1.64. The second kappa shape index (κ2) is 6.71. The van der Waals surface area contributed by atoms with Crippen LogP contribution in [0.3, 0.4) is 0 Å². The summed E-state index contributed by atoms with van der Waals surface area (Å²) < 4.78 is 2.06. The van der Waals surface area contributed by atoms with Gasteiger partial charge in [0.05, 0.1) is 5.69 Å². The lowest BCUT2D eigenvalue weighted by molar-refractivity contribution is -0.116. The second-order valence-corrected chi connectivity index (χ2v) is 7.45. The van der Waals surface area contributed by atoms with Crippen LogP contribution in [-0.4, -0.2) is 15.3 Å². The molecule has 0 aliphatic heterocycles. The number of anilines is 1. The van der Waals surface area contributed by atoms with Crippen molar-refractivity contribution in [1.82, 2.24) is 9.38 Å². The Morgan fingerprint density at radius 1 is 1.12 bits per heavy atom. The quantitative estimate of drug-likeness (QED) is 0.762. The van der Waals surface area contributed by atoms with E-state index in [1.807, 2.05) is 43.5 Å². The Bertz CT molecular complexity index is 886. The van der Waals surface area contributed by atoms with Gasteiger partial charge in [-0.25, -0.2) is 4.98 Å². The van der Waals surface area contributed by atoms with E-state index in [4.69, 9.17) is 0 Å². The molecule has 25 heavy (non-hydrogen) atoms. The molecule has 0 bridgehead atoms. The van der Waals surface area contributed by atoms with Gasteiger partial charge in [-0.15, -0.1) is 0 Å². The molecule has 3 aromatic rings. The summed E-state index contributed by atoms with van der Waals surface area (Å²) in [6.07, 6.45) is 3.10. The van der Waals surface area contributed by atoms with E-state index in [1.165, 1.54) is 5.56 Å². The molecule has 0 saturated heterocycles. The zero-order valence-corrected chi connectivity index (χ0v) is 15.3. The molecule has 0 aliphatic carbocycles. The van der Waals surface area contributed by atoms with Gasteiger partial charge in [-0.1, -0.05) is 39.0 Å². The van der Waals surface area contributed by atoms with E-state index in [9.17, 15) is 4.79 Å². The van der Waals surface area contributed by atoms with Crippen LogP contribution in [-0.2, 0) is 16.6 Å². The maximum Gasteiger partial charge on any atom is 0.224 e. The van der Waals surface area contributed by atoms with Crippen molar-refractivity contribution in [3.63, 3.8) is 0 Å². The molecule has 2 heterocycles. The molecule has 3 rings (SSSR count). The van der Waals surface area contributed by atoms with Crippen LogP contribution in [0.4, 0.5) is 5.69 Å². The normalized spacial score (nSPS) is 11.7. The van der Waals surface area contributed by atoms with E-state index in [0.29, 0.717) is 12.8 Å². The number of nitrogens with one attached hydrogen (secondary N) is 1. The van der Waals surface area contributed by atoms with Crippen LogP contribution in [0.15, 0.2) is 48.7 Å². The number of amides is 1. The molecule has 0 spiro atoms.